The number of carbonyl (C=O) groups is 1. The van der Waals surface area contributed by atoms with E-state index in [1.54, 1.807) is 11.0 Å². The van der Waals surface area contributed by atoms with Gasteiger partial charge in [0.1, 0.15) is 23.9 Å². The Labute approximate surface area is 116 Å². The molecule has 2 aromatic rings. The predicted molar refractivity (Wildman–Crippen MR) is 73.3 cm³/mol. The van der Waals surface area contributed by atoms with Gasteiger partial charge in [0.25, 0.3) is 5.91 Å². The van der Waals surface area contributed by atoms with E-state index in [1.807, 2.05) is 30.3 Å². The van der Waals surface area contributed by atoms with Gasteiger partial charge in [-0.15, -0.1) is 0 Å². The number of benzene rings is 1. The van der Waals surface area contributed by atoms with E-state index in [0.29, 0.717) is 37.6 Å². The van der Waals surface area contributed by atoms with Gasteiger partial charge in [-0.3, -0.25) is 4.79 Å². The van der Waals surface area contributed by atoms with Gasteiger partial charge in [-0.05, 0) is 24.3 Å². The van der Waals surface area contributed by atoms with Gasteiger partial charge in [0.15, 0.2) is 0 Å². The van der Waals surface area contributed by atoms with Gasteiger partial charge in [-0.2, -0.15) is 0 Å². The Hall–Kier alpha value is -2.27. The van der Waals surface area contributed by atoms with Gasteiger partial charge < -0.3 is 19.8 Å². The Morgan fingerprint density at radius 3 is 2.75 bits per heavy atom. The van der Waals surface area contributed by atoms with Crippen LogP contribution in [0.1, 0.15) is 21.9 Å². The molecule has 104 valence electrons. The maximum Gasteiger partial charge on any atom is 0.258 e. The van der Waals surface area contributed by atoms with Crippen molar-refractivity contribution < 1.29 is 13.9 Å². The lowest BCUT2D eigenvalue weighted by atomic mass is 10.2. The normalized spacial score (nSPS) is 14.7. The number of rotatable bonds is 3. The summed E-state index contributed by atoms with van der Waals surface area (Å²) < 4.78 is 11.2. The summed E-state index contributed by atoms with van der Waals surface area (Å²) in [5.74, 6) is 2.06. The highest BCUT2D eigenvalue weighted by Crippen LogP contribution is 2.23. The number of furan rings is 1. The summed E-state index contributed by atoms with van der Waals surface area (Å²) in [6.45, 7) is 1.80. The molecule has 2 N–H and O–H groups in total. The fraction of sp³-hybridized carbons (Fsp3) is 0.267. The smallest absolute Gasteiger partial charge is 0.258 e. The first-order valence-electron chi connectivity index (χ1n) is 6.56. The number of hydrogen-bond acceptors (Lipinski definition) is 4. The third-order valence-electron chi connectivity index (χ3n) is 3.29. The molecule has 1 aliphatic heterocycles. The molecular formula is C15H16N2O3. The summed E-state index contributed by atoms with van der Waals surface area (Å²) in [6, 6.07) is 11.0. The lowest BCUT2D eigenvalue weighted by Gasteiger charge is -2.18. The number of nitrogens with two attached hydrogens (primary N) is 1. The monoisotopic (exact) mass is 272 g/mol. The third-order valence-corrected chi connectivity index (χ3v) is 3.29. The topological polar surface area (TPSA) is 68.7 Å². The molecule has 0 spiro atoms. The van der Waals surface area contributed by atoms with Crippen molar-refractivity contribution in [3.63, 3.8) is 0 Å². The Morgan fingerprint density at radius 2 is 1.95 bits per heavy atom. The van der Waals surface area contributed by atoms with Crippen molar-refractivity contribution in [1.29, 1.82) is 0 Å². The molecule has 5 nitrogen and oxygen atoms in total. The first-order valence-corrected chi connectivity index (χ1v) is 6.56. The maximum absolute atomic E-state index is 12.5. The Kier molecular flexibility index (Phi) is 3.43. The summed E-state index contributed by atoms with van der Waals surface area (Å²) in [5.41, 5.74) is 6.11. The standard InChI is InChI=1S/C15H16N2O3/c16-9-11-5-6-12(20-11)10-17-7-8-19-14-4-2-1-3-13(14)15(17)18/h1-6H,7-10,16H2. The van der Waals surface area contributed by atoms with Crippen LogP contribution in [0.5, 0.6) is 5.75 Å². The van der Waals surface area contributed by atoms with E-state index in [2.05, 4.69) is 0 Å². The summed E-state index contributed by atoms with van der Waals surface area (Å²) >= 11 is 0. The van der Waals surface area contributed by atoms with Crippen LogP contribution in [0.3, 0.4) is 0 Å². The summed E-state index contributed by atoms with van der Waals surface area (Å²) in [6.07, 6.45) is 0. The molecule has 0 saturated heterocycles. The van der Waals surface area contributed by atoms with Crippen LogP contribution in [0.25, 0.3) is 0 Å². The molecule has 1 aromatic heterocycles. The molecule has 5 heteroatoms. The number of fused-ring (bicyclic) bond motifs is 1. The van der Waals surface area contributed by atoms with Gasteiger partial charge in [0.2, 0.25) is 0 Å². The number of para-hydroxylation sites is 1. The fourth-order valence-electron chi connectivity index (χ4n) is 2.26. The van der Waals surface area contributed by atoms with Crippen LogP contribution in [0.15, 0.2) is 40.8 Å². The van der Waals surface area contributed by atoms with Crippen molar-refractivity contribution in [1.82, 2.24) is 4.90 Å². The molecule has 0 unspecified atom stereocenters. The van der Waals surface area contributed by atoms with Crippen LogP contribution >= 0.6 is 0 Å². The van der Waals surface area contributed by atoms with Gasteiger partial charge in [0.05, 0.1) is 25.2 Å². The zero-order valence-electron chi connectivity index (χ0n) is 11.0. The van der Waals surface area contributed by atoms with Crippen molar-refractivity contribution in [2.45, 2.75) is 13.1 Å². The molecule has 3 rings (SSSR count). The minimum atomic E-state index is -0.0381. The predicted octanol–water partition coefficient (Wildman–Crippen LogP) is 1.77. The first kappa shape index (κ1) is 12.7. The Bertz CT molecular complexity index is 621. The molecule has 1 amide bonds. The first-order chi connectivity index (χ1) is 9.78. The van der Waals surface area contributed by atoms with Gasteiger partial charge >= 0.3 is 0 Å². The summed E-state index contributed by atoms with van der Waals surface area (Å²) in [4.78, 5) is 14.2. The molecule has 20 heavy (non-hydrogen) atoms. The van der Waals surface area contributed by atoms with E-state index >= 15 is 0 Å². The Morgan fingerprint density at radius 1 is 1.15 bits per heavy atom. The molecule has 0 aliphatic carbocycles. The van der Waals surface area contributed by atoms with E-state index in [-0.39, 0.29) is 5.91 Å². The zero-order chi connectivity index (χ0) is 13.9. The second-order valence-electron chi connectivity index (χ2n) is 4.64. The fourth-order valence-corrected chi connectivity index (χ4v) is 2.26. The van der Waals surface area contributed by atoms with E-state index in [9.17, 15) is 4.79 Å². The quantitative estimate of drug-likeness (QED) is 0.924. The highest BCUT2D eigenvalue weighted by molar-refractivity contribution is 5.97. The van der Waals surface area contributed by atoms with E-state index in [4.69, 9.17) is 14.9 Å². The lowest BCUT2D eigenvalue weighted by Crippen LogP contribution is -2.31. The molecule has 0 atom stereocenters. The SMILES string of the molecule is NCc1ccc(CN2CCOc3ccccc3C2=O)o1. The van der Waals surface area contributed by atoms with Gasteiger partial charge in [-0.25, -0.2) is 0 Å². The van der Waals surface area contributed by atoms with Crippen molar-refractivity contribution in [3.05, 3.63) is 53.5 Å². The van der Waals surface area contributed by atoms with Crippen molar-refractivity contribution in [3.8, 4) is 5.75 Å². The van der Waals surface area contributed by atoms with Crippen LogP contribution in [-0.4, -0.2) is 24.0 Å². The Balaban J connectivity index is 1.82. The van der Waals surface area contributed by atoms with Crippen LogP contribution in [0.4, 0.5) is 0 Å². The van der Waals surface area contributed by atoms with Crippen LogP contribution in [0, 0.1) is 0 Å². The molecule has 0 saturated carbocycles. The number of ether oxygens (including phenoxy) is 1. The second-order valence-corrected chi connectivity index (χ2v) is 4.64. The van der Waals surface area contributed by atoms with E-state index in [0.717, 1.165) is 11.5 Å². The number of amides is 1. The average Bonchev–Trinajstić information content (AvgIpc) is 2.87. The van der Waals surface area contributed by atoms with Crippen LogP contribution in [-0.2, 0) is 13.1 Å². The largest absolute Gasteiger partial charge is 0.491 e. The zero-order valence-corrected chi connectivity index (χ0v) is 11.0. The minimum absolute atomic E-state index is 0.0381. The minimum Gasteiger partial charge on any atom is -0.491 e. The average molecular weight is 272 g/mol. The van der Waals surface area contributed by atoms with Gasteiger partial charge in [-0.1, -0.05) is 12.1 Å². The summed E-state index contributed by atoms with van der Waals surface area (Å²) in [5, 5.41) is 0. The van der Waals surface area contributed by atoms with Gasteiger partial charge in [0, 0.05) is 0 Å². The molecule has 1 aliphatic rings. The second kappa shape index (κ2) is 5.38. The molecular weight excluding hydrogens is 256 g/mol. The van der Waals surface area contributed by atoms with Crippen molar-refractivity contribution in [2.24, 2.45) is 5.73 Å². The van der Waals surface area contributed by atoms with Crippen molar-refractivity contribution >= 4 is 5.91 Å². The highest BCUT2D eigenvalue weighted by Gasteiger charge is 2.23. The van der Waals surface area contributed by atoms with Crippen LogP contribution < -0.4 is 10.5 Å². The number of carbonyl (C=O) groups excluding carboxylic acids is 1. The third kappa shape index (κ3) is 2.40. The molecule has 1 aromatic carbocycles. The summed E-state index contributed by atoms with van der Waals surface area (Å²) in [7, 11) is 0. The molecule has 0 fully saturated rings. The maximum atomic E-state index is 12.5. The molecule has 0 bridgehead atoms. The molecule has 0 radical (unpaired) electrons. The van der Waals surface area contributed by atoms with E-state index in [1.165, 1.54) is 0 Å². The highest BCUT2D eigenvalue weighted by atomic mass is 16.5. The number of nitrogens with zero attached hydrogens (tertiary/aromatic N) is 1. The van der Waals surface area contributed by atoms with Crippen LogP contribution in [0.2, 0.25) is 0 Å². The van der Waals surface area contributed by atoms with E-state index < -0.39 is 0 Å². The lowest BCUT2D eigenvalue weighted by molar-refractivity contribution is 0.0730. The number of hydrogen-bond donors (Lipinski definition) is 1. The molecule has 2 heterocycles. The van der Waals surface area contributed by atoms with Crippen molar-refractivity contribution in [2.75, 3.05) is 13.2 Å².